The quantitative estimate of drug-likeness (QED) is 0.0481. The maximum atomic E-state index is 14.2. The molecule has 0 aliphatic carbocycles. The summed E-state index contributed by atoms with van der Waals surface area (Å²) in [4.78, 5) is 91.2. The van der Waals surface area contributed by atoms with Crippen LogP contribution in [-0.4, -0.2) is 98.6 Å². The van der Waals surface area contributed by atoms with Crippen LogP contribution in [0.1, 0.15) is 125 Å². The number of rotatable bonds is 25. The molecule has 2 aliphatic heterocycles. The van der Waals surface area contributed by atoms with Crippen molar-refractivity contribution < 1.29 is 52.5 Å². The fraction of sp³-hybridized carbons (Fsp3) is 0.510. The molecule has 3 aromatic carbocycles. The molecule has 2 fully saturated rings. The number of nitrogens with one attached hydrogen (secondary N) is 3. The first-order valence-electron chi connectivity index (χ1n) is 23.2. The van der Waals surface area contributed by atoms with Gasteiger partial charge >= 0.3 is 0 Å². The molecule has 0 spiro atoms. The molecular weight excluding hydrogens is 845 g/mol. The zero-order chi connectivity index (χ0) is 47.6. The van der Waals surface area contributed by atoms with Gasteiger partial charge in [-0.15, -0.1) is 0 Å². The molecule has 2 heterocycles. The zero-order valence-electron chi connectivity index (χ0n) is 39.0. The van der Waals surface area contributed by atoms with E-state index < -0.39 is 41.0 Å². The zero-order valence-corrected chi connectivity index (χ0v) is 39.0. The average molecular weight is 911 g/mol. The number of likely N-dealkylation sites (tertiary alicyclic amines) is 1. The van der Waals surface area contributed by atoms with Gasteiger partial charge in [-0.1, -0.05) is 51.8 Å². The molecule has 0 radical (unpaired) electrons. The van der Waals surface area contributed by atoms with Crippen molar-refractivity contribution in [3.8, 4) is 23.0 Å². The molecule has 15 nitrogen and oxygen atoms in total. The summed E-state index contributed by atoms with van der Waals surface area (Å²) in [6.45, 7) is 6.60. The summed E-state index contributed by atoms with van der Waals surface area (Å²) in [6, 6.07) is 18.4. The monoisotopic (exact) mass is 910 g/mol. The molecule has 356 valence electrons. The van der Waals surface area contributed by atoms with E-state index in [-0.39, 0.29) is 49.4 Å². The number of hydrogen-bond donors (Lipinski definition) is 3. The van der Waals surface area contributed by atoms with Gasteiger partial charge in [0.05, 0.1) is 26.9 Å². The summed E-state index contributed by atoms with van der Waals surface area (Å²) in [5.41, 5.74) is 1.44. The van der Waals surface area contributed by atoms with E-state index in [1.807, 2.05) is 43.3 Å². The number of carbonyl (C=O) groups is 7. The van der Waals surface area contributed by atoms with Gasteiger partial charge in [-0.05, 0) is 123 Å². The molecular formula is C51H66N4O11. The van der Waals surface area contributed by atoms with Gasteiger partial charge in [0.2, 0.25) is 17.6 Å². The Labute approximate surface area is 388 Å². The highest BCUT2D eigenvalue weighted by atomic mass is 16.5. The van der Waals surface area contributed by atoms with Crippen LogP contribution in [0.25, 0.3) is 0 Å². The smallest absolute Gasteiger partial charge is 0.291 e. The molecule has 5 rings (SSSR count). The highest BCUT2D eigenvalue weighted by Crippen LogP contribution is 2.34. The van der Waals surface area contributed by atoms with Gasteiger partial charge in [0.25, 0.3) is 17.7 Å². The molecule has 2 unspecified atom stereocenters. The van der Waals surface area contributed by atoms with Crippen LogP contribution in [0.15, 0.2) is 66.7 Å². The van der Waals surface area contributed by atoms with E-state index >= 15 is 0 Å². The summed E-state index contributed by atoms with van der Waals surface area (Å²) in [7, 11) is 3.17. The van der Waals surface area contributed by atoms with Crippen molar-refractivity contribution in [3.05, 3.63) is 83.4 Å². The topological polar surface area (TPSA) is 196 Å². The molecule has 2 aliphatic rings. The first-order chi connectivity index (χ1) is 31.7. The minimum Gasteiger partial charge on any atom is -0.494 e. The fourth-order valence-corrected chi connectivity index (χ4v) is 8.06. The number of Topliss-reactive ketones (excluding diaryl/α,β-unsaturated/α-hetero) is 2. The number of nitrogens with zero attached hydrogens (tertiary/aromatic N) is 1. The number of amides is 5. The van der Waals surface area contributed by atoms with Crippen molar-refractivity contribution in [2.45, 2.75) is 122 Å². The number of hydrogen-bond acceptors (Lipinski definition) is 11. The minimum absolute atomic E-state index is 0.0795. The second kappa shape index (κ2) is 24.9. The van der Waals surface area contributed by atoms with Gasteiger partial charge < -0.3 is 34.5 Å². The maximum Gasteiger partial charge on any atom is 0.291 e. The standard InChI is InChI=1S/C51H66N4O11/c1-6-51(2,3)47(59)50(62)55-28-11-9-16-41(55)42(56)32-37(19-17-34-18-25-43(63-4)44(30-34)64-5)36-14-13-15-39(31-36)66-33-46(58)52-27-10-7-8-12-29-65-38-22-20-35(21-23-38)48(60)53-40-24-26-45(57)54-49(40)61/h13-15,18,20-23,25,30-31,37,40-41H,6-12,16-17,19,24,26-29,32-33H2,1-5H3,(H,52,58)(H,53,60)(H,54,57,61)/t37-,40?,41?/m0/s1. The second-order valence-electron chi connectivity index (χ2n) is 17.6. The maximum absolute atomic E-state index is 14.2. The average Bonchev–Trinajstić information content (AvgIpc) is 3.33. The number of methoxy groups -OCH3 is 2. The Hall–Kier alpha value is -6.25. The molecule has 5 amide bonds. The minimum atomic E-state index is -0.815. The lowest BCUT2D eigenvalue weighted by molar-refractivity contribution is -0.153. The Balaban J connectivity index is 1.08. The van der Waals surface area contributed by atoms with Gasteiger partial charge in [0.1, 0.15) is 17.5 Å². The fourth-order valence-electron chi connectivity index (χ4n) is 8.06. The highest BCUT2D eigenvalue weighted by molar-refractivity contribution is 6.38. The van der Waals surface area contributed by atoms with E-state index in [0.29, 0.717) is 73.9 Å². The summed E-state index contributed by atoms with van der Waals surface area (Å²) in [6.07, 6.45) is 7.76. The van der Waals surface area contributed by atoms with Crippen LogP contribution >= 0.6 is 0 Å². The second-order valence-corrected chi connectivity index (χ2v) is 17.6. The SMILES string of the molecule is CCC(C)(C)C(=O)C(=O)N1CCCCC1C(=O)C[C@H](CCc1ccc(OC)c(OC)c1)c1cccc(OCC(=O)NCCCCCCOc2ccc(C(=O)NC3CCC(=O)NC3=O)cc2)c1. The Morgan fingerprint density at radius 3 is 2.33 bits per heavy atom. The van der Waals surface area contributed by atoms with Crippen molar-refractivity contribution in [2.24, 2.45) is 5.41 Å². The Morgan fingerprint density at radius 2 is 1.61 bits per heavy atom. The van der Waals surface area contributed by atoms with Gasteiger partial charge in [-0.2, -0.15) is 0 Å². The third kappa shape index (κ3) is 14.6. The number of imide groups is 1. The third-order valence-electron chi connectivity index (χ3n) is 12.5. The predicted molar refractivity (Wildman–Crippen MR) is 248 cm³/mol. The number of ether oxygens (including phenoxy) is 4. The summed E-state index contributed by atoms with van der Waals surface area (Å²) < 4.78 is 22.7. The summed E-state index contributed by atoms with van der Waals surface area (Å²) in [5.74, 6) is -0.521. The first-order valence-corrected chi connectivity index (χ1v) is 23.2. The lowest BCUT2D eigenvalue weighted by Crippen LogP contribution is -2.52. The van der Waals surface area contributed by atoms with E-state index in [0.717, 1.165) is 49.7 Å². The number of aryl methyl sites for hydroxylation is 1. The van der Waals surface area contributed by atoms with Crippen molar-refractivity contribution in [2.75, 3.05) is 40.5 Å². The van der Waals surface area contributed by atoms with Crippen LogP contribution in [0.3, 0.4) is 0 Å². The van der Waals surface area contributed by atoms with E-state index in [1.54, 1.807) is 58.4 Å². The Morgan fingerprint density at radius 1 is 0.848 bits per heavy atom. The lowest BCUT2D eigenvalue weighted by Gasteiger charge is -2.36. The number of unbranched alkanes of at least 4 members (excludes halogenated alkanes) is 3. The number of carbonyl (C=O) groups excluding carboxylic acids is 7. The van der Waals surface area contributed by atoms with Crippen LogP contribution in [0.5, 0.6) is 23.0 Å². The Kier molecular flexibility index (Phi) is 19.1. The van der Waals surface area contributed by atoms with Crippen molar-refractivity contribution >= 4 is 41.1 Å². The molecule has 0 aromatic heterocycles. The van der Waals surface area contributed by atoms with Crippen LogP contribution in [0, 0.1) is 5.41 Å². The molecule has 3 atom stereocenters. The lowest BCUT2D eigenvalue weighted by atomic mass is 9.82. The molecule has 66 heavy (non-hydrogen) atoms. The predicted octanol–water partition coefficient (Wildman–Crippen LogP) is 6.44. The summed E-state index contributed by atoms with van der Waals surface area (Å²) in [5, 5.41) is 7.80. The van der Waals surface area contributed by atoms with Crippen molar-refractivity contribution in [1.29, 1.82) is 0 Å². The van der Waals surface area contributed by atoms with E-state index in [4.69, 9.17) is 18.9 Å². The molecule has 15 heteroatoms. The first kappa shape index (κ1) is 50.7. The number of benzene rings is 3. The van der Waals surface area contributed by atoms with Crippen molar-refractivity contribution in [3.63, 3.8) is 0 Å². The highest BCUT2D eigenvalue weighted by Gasteiger charge is 2.40. The van der Waals surface area contributed by atoms with E-state index in [9.17, 15) is 33.6 Å². The van der Waals surface area contributed by atoms with E-state index in [1.165, 1.54) is 4.90 Å². The molecule has 2 saturated heterocycles. The van der Waals surface area contributed by atoms with Crippen LogP contribution in [0.4, 0.5) is 0 Å². The largest absolute Gasteiger partial charge is 0.494 e. The Bertz CT molecular complexity index is 2170. The van der Waals surface area contributed by atoms with E-state index in [2.05, 4.69) is 16.0 Å². The van der Waals surface area contributed by atoms with Crippen LogP contribution < -0.4 is 34.9 Å². The normalized spacial score (nSPS) is 16.7. The molecule has 0 saturated carbocycles. The van der Waals surface area contributed by atoms with Gasteiger partial charge in [-0.3, -0.25) is 38.9 Å². The van der Waals surface area contributed by atoms with Gasteiger partial charge in [0, 0.05) is 36.9 Å². The third-order valence-corrected chi connectivity index (χ3v) is 12.5. The van der Waals surface area contributed by atoms with Crippen LogP contribution in [0.2, 0.25) is 0 Å². The molecule has 3 N–H and O–H groups in total. The van der Waals surface area contributed by atoms with Gasteiger partial charge in [-0.25, -0.2) is 0 Å². The van der Waals surface area contributed by atoms with Crippen molar-refractivity contribution in [1.82, 2.24) is 20.9 Å². The van der Waals surface area contributed by atoms with Crippen LogP contribution in [-0.2, 0) is 35.2 Å². The molecule has 0 bridgehead atoms. The van der Waals surface area contributed by atoms with Gasteiger partial charge in [0.15, 0.2) is 23.9 Å². The number of piperidine rings is 2. The number of ketones is 2. The molecule has 3 aromatic rings. The summed E-state index contributed by atoms with van der Waals surface area (Å²) >= 11 is 0.